The second-order valence-corrected chi connectivity index (χ2v) is 5.35. The van der Waals surface area contributed by atoms with Crippen LogP contribution in [0.1, 0.15) is 27.0 Å². The summed E-state index contributed by atoms with van der Waals surface area (Å²) >= 11 is 0. The van der Waals surface area contributed by atoms with Crippen molar-refractivity contribution < 1.29 is 4.79 Å². The number of benzene rings is 2. The molecule has 0 saturated heterocycles. The molecular formula is C19H16N2O. The summed E-state index contributed by atoms with van der Waals surface area (Å²) in [6, 6.07) is 15.5. The molecule has 0 aliphatic heterocycles. The van der Waals surface area contributed by atoms with Gasteiger partial charge < -0.3 is 0 Å². The summed E-state index contributed by atoms with van der Waals surface area (Å²) in [5.41, 5.74) is 5.05. The molecule has 0 N–H and O–H groups in total. The average Bonchev–Trinajstić information content (AvgIpc) is 2.56. The Morgan fingerprint density at radius 2 is 1.45 bits per heavy atom. The molecule has 0 fully saturated rings. The van der Waals surface area contributed by atoms with Gasteiger partial charge in [0.1, 0.15) is 6.33 Å². The van der Waals surface area contributed by atoms with Crippen LogP contribution in [0.2, 0.25) is 0 Å². The third kappa shape index (κ3) is 2.79. The van der Waals surface area contributed by atoms with Crippen LogP contribution in [0.15, 0.2) is 61.1 Å². The SMILES string of the molecule is Cc1ccc(C(=O)c2cncnc2-c2ccc(C)cc2)cc1. The van der Waals surface area contributed by atoms with Gasteiger partial charge in [0.2, 0.25) is 0 Å². The monoisotopic (exact) mass is 288 g/mol. The lowest BCUT2D eigenvalue weighted by Crippen LogP contribution is -2.05. The van der Waals surface area contributed by atoms with Crippen LogP contribution in [0.25, 0.3) is 11.3 Å². The Bertz CT molecular complexity index is 806. The summed E-state index contributed by atoms with van der Waals surface area (Å²) in [5, 5.41) is 0. The number of rotatable bonds is 3. The number of hydrogen-bond acceptors (Lipinski definition) is 3. The second kappa shape index (κ2) is 5.90. The molecular weight excluding hydrogens is 272 g/mol. The largest absolute Gasteiger partial charge is 0.288 e. The van der Waals surface area contributed by atoms with Gasteiger partial charge in [0.05, 0.1) is 11.3 Å². The zero-order valence-electron chi connectivity index (χ0n) is 12.6. The molecule has 22 heavy (non-hydrogen) atoms. The zero-order chi connectivity index (χ0) is 15.5. The summed E-state index contributed by atoms with van der Waals surface area (Å²) in [4.78, 5) is 21.1. The summed E-state index contributed by atoms with van der Waals surface area (Å²) in [6.45, 7) is 4.03. The highest BCUT2D eigenvalue weighted by molar-refractivity contribution is 6.12. The second-order valence-electron chi connectivity index (χ2n) is 5.35. The van der Waals surface area contributed by atoms with Crippen molar-refractivity contribution in [1.82, 2.24) is 9.97 Å². The highest BCUT2D eigenvalue weighted by Crippen LogP contribution is 2.23. The van der Waals surface area contributed by atoms with Crippen molar-refractivity contribution in [2.45, 2.75) is 13.8 Å². The lowest BCUT2D eigenvalue weighted by Gasteiger charge is -2.08. The van der Waals surface area contributed by atoms with Crippen LogP contribution in [-0.4, -0.2) is 15.8 Å². The van der Waals surface area contributed by atoms with E-state index in [2.05, 4.69) is 9.97 Å². The molecule has 0 radical (unpaired) electrons. The van der Waals surface area contributed by atoms with Crippen molar-refractivity contribution >= 4 is 5.78 Å². The van der Waals surface area contributed by atoms with E-state index in [9.17, 15) is 4.79 Å². The fraction of sp³-hybridized carbons (Fsp3) is 0.105. The predicted molar refractivity (Wildman–Crippen MR) is 86.8 cm³/mol. The molecule has 0 bridgehead atoms. The van der Waals surface area contributed by atoms with Crippen LogP contribution in [0.5, 0.6) is 0 Å². The Hall–Kier alpha value is -2.81. The van der Waals surface area contributed by atoms with Gasteiger partial charge in [-0.2, -0.15) is 0 Å². The molecule has 3 aromatic rings. The highest BCUT2D eigenvalue weighted by Gasteiger charge is 2.16. The Balaban J connectivity index is 2.06. The van der Waals surface area contributed by atoms with Crippen LogP contribution in [0.4, 0.5) is 0 Å². The molecule has 3 nitrogen and oxygen atoms in total. The molecule has 108 valence electrons. The smallest absolute Gasteiger partial charge is 0.196 e. The first-order chi connectivity index (χ1) is 10.6. The van der Waals surface area contributed by atoms with E-state index in [1.807, 2.05) is 62.4 Å². The number of aromatic nitrogens is 2. The van der Waals surface area contributed by atoms with Gasteiger partial charge in [-0.1, -0.05) is 59.7 Å². The maximum absolute atomic E-state index is 12.7. The van der Waals surface area contributed by atoms with E-state index in [1.54, 1.807) is 6.20 Å². The normalized spacial score (nSPS) is 10.5. The summed E-state index contributed by atoms with van der Waals surface area (Å²) in [6.07, 6.45) is 3.06. The third-order valence-corrected chi connectivity index (χ3v) is 3.60. The predicted octanol–water partition coefficient (Wildman–Crippen LogP) is 3.99. The topological polar surface area (TPSA) is 42.9 Å². The lowest BCUT2D eigenvalue weighted by atomic mass is 9.98. The molecule has 3 rings (SSSR count). The van der Waals surface area contributed by atoms with Crippen molar-refractivity contribution in [3.05, 3.63) is 83.3 Å². The average molecular weight is 288 g/mol. The van der Waals surface area contributed by atoms with E-state index in [-0.39, 0.29) is 5.78 Å². The molecule has 0 spiro atoms. The van der Waals surface area contributed by atoms with E-state index < -0.39 is 0 Å². The molecule has 0 aliphatic carbocycles. The minimum Gasteiger partial charge on any atom is -0.288 e. The van der Waals surface area contributed by atoms with E-state index in [0.717, 1.165) is 11.1 Å². The zero-order valence-corrected chi connectivity index (χ0v) is 12.6. The van der Waals surface area contributed by atoms with Crippen molar-refractivity contribution in [2.24, 2.45) is 0 Å². The molecule has 0 aliphatic rings. The fourth-order valence-corrected chi connectivity index (χ4v) is 2.30. The molecule has 2 aromatic carbocycles. The van der Waals surface area contributed by atoms with E-state index in [0.29, 0.717) is 16.8 Å². The minimum atomic E-state index is -0.0591. The molecule has 1 heterocycles. The molecule has 3 heteroatoms. The van der Waals surface area contributed by atoms with E-state index >= 15 is 0 Å². The number of nitrogens with zero attached hydrogens (tertiary/aromatic N) is 2. The van der Waals surface area contributed by atoms with E-state index in [1.165, 1.54) is 11.9 Å². The number of aryl methyl sites for hydroxylation is 2. The van der Waals surface area contributed by atoms with Crippen LogP contribution in [0.3, 0.4) is 0 Å². The Morgan fingerprint density at radius 1 is 0.864 bits per heavy atom. The molecule has 0 atom stereocenters. The van der Waals surface area contributed by atoms with Crippen molar-refractivity contribution in [1.29, 1.82) is 0 Å². The third-order valence-electron chi connectivity index (χ3n) is 3.60. The van der Waals surface area contributed by atoms with Crippen LogP contribution < -0.4 is 0 Å². The van der Waals surface area contributed by atoms with Gasteiger partial charge in [-0.25, -0.2) is 9.97 Å². The lowest BCUT2D eigenvalue weighted by molar-refractivity contribution is 0.103. The fourth-order valence-electron chi connectivity index (χ4n) is 2.30. The Labute approximate surface area is 129 Å². The van der Waals surface area contributed by atoms with Crippen molar-refractivity contribution in [3.8, 4) is 11.3 Å². The van der Waals surface area contributed by atoms with Gasteiger partial charge in [-0.3, -0.25) is 4.79 Å². The maximum atomic E-state index is 12.7. The van der Waals surface area contributed by atoms with Gasteiger partial charge in [0, 0.05) is 17.3 Å². The Morgan fingerprint density at radius 3 is 2.09 bits per heavy atom. The summed E-state index contributed by atoms with van der Waals surface area (Å²) < 4.78 is 0. The number of hydrogen-bond donors (Lipinski definition) is 0. The number of carbonyl (C=O) groups excluding carboxylic acids is 1. The van der Waals surface area contributed by atoms with Gasteiger partial charge >= 0.3 is 0 Å². The van der Waals surface area contributed by atoms with Crippen molar-refractivity contribution in [2.75, 3.05) is 0 Å². The number of ketones is 1. The van der Waals surface area contributed by atoms with Crippen molar-refractivity contribution in [3.63, 3.8) is 0 Å². The molecule has 0 saturated carbocycles. The summed E-state index contributed by atoms with van der Waals surface area (Å²) in [5.74, 6) is -0.0591. The van der Waals surface area contributed by atoms with E-state index in [4.69, 9.17) is 0 Å². The van der Waals surface area contributed by atoms with Crippen LogP contribution in [0, 0.1) is 13.8 Å². The van der Waals surface area contributed by atoms with Crippen LogP contribution >= 0.6 is 0 Å². The quantitative estimate of drug-likeness (QED) is 0.684. The molecule has 0 unspecified atom stereocenters. The molecule has 1 aromatic heterocycles. The standard InChI is InChI=1S/C19H16N2O/c1-13-3-7-15(8-4-13)18-17(11-20-12-21-18)19(22)16-9-5-14(2)6-10-16/h3-12H,1-2H3. The van der Waals surface area contributed by atoms with Crippen LogP contribution in [-0.2, 0) is 0 Å². The highest BCUT2D eigenvalue weighted by atomic mass is 16.1. The van der Waals surface area contributed by atoms with Gasteiger partial charge in [0.25, 0.3) is 0 Å². The molecule has 0 amide bonds. The first-order valence-corrected chi connectivity index (χ1v) is 7.13. The number of carbonyl (C=O) groups is 1. The first-order valence-electron chi connectivity index (χ1n) is 7.13. The summed E-state index contributed by atoms with van der Waals surface area (Å²) in [7, 11) is 0. The maximum Gasteiger partial charge on any atom is 0.196 e. The van der Waals surface area contributed by atoms with Gasteiger partial charge in [-0.05, 0) is 13.8 Å². The van der Waals surface area contributed by atoms with Gasteiger partial charge in [-0.15, -0.1) is 0 Å². The Kier molecular flexibility index (Phi) is 3.79. The first kappa shape index (κ1) is 14.1. The van der Waals surface area contributed by atoms with Gasteiger partial charge in [0.15, 0.2) is 5.78 Å². The minimum absolute atomic E-state index is 0.0591.